The van der Waals surface area contributed by atoms with Gasteiger partial charge >= 0.3 is 29.6 Å². The first kappa shape index (κ1) is 25.0. The third kappa shape index (κ3) is 5.11. The summed E-state index contributed by atoms with van der Waals surface area (Å²) in [5.41, 5.74) is 1.53. The fourth-order valence-corrected chi connectivity index (χ4v) is 6.54. The van der Waals surface area contributed by atoms with Crippen molar-refractivity contribution in [3.05, 3.63) is 41.6 Å². The zero-order valence-electron chi connectivity index (χ0n) is 18.2. The Kier molecular flexibility index (Phi) is 7.55. The van der Waals surface area contributed by atoms with Crippen LogP contribution in [0.4, 0.5) is 0 Å². The molecule has 2 atom stereocenters. The van der Waals surface area contributed by atoms with E-state index in [1.807, 2.05) is 0 Å². The van der Waals surface area contributed by atoms with Crippen molar-refractivity contribution >= 4 is 35.4 Å². The topological polar surface area (TPSA) is 108 Å². The van der Waals surface area contributed by atoms with E-state index in [0.717, 1.165) is 44.4 Å². The van der Waals surface area contributed by atoms with Crippen molar-refractivity contribution in [1.82, 2.24) is 5.43 Å². The van der Waals surface area contributed by atoms with Gasteiger partial charge in [0.1, 0.15) is 5.75 Å². The van der Waals surface area contributed by atoms with Gasteiger partial charge in [-0.2, -0.15) is 5.10 Å². The third-order valence-electron chi connectivity index (χ3n) is 6.75. The number of ketones is 2. The van der Waals surface area contributed by atoms with Crippen LogP contribution < -0.4 is 44.8 Å². The summed E-state index contributed by atoms with van der Waals surface area (Å²) in [5.74, 6) is -0.777. The van der Waals surface area contributed by atoms with Gasteiger partial charge in [0.15, 0.2) is 11.6 Å². The van der Waals surface area contributed by atoms with Crippen LogP contribution in [0.3, 0.4) is 0 Å². The normalized spacial score (nSPS) is 30.6. The van der Waals surface area contributed by atoms with Gasteiger partial charge in [0.05, 0.1) is 25.0 Å². The summed E-state index contributed by atoms with van der Waals surface area (Å²) in [7, 11) is 1.50. The maximum Gasteiger partial charge on any atom is 1.00 e. The molecule has 0 aliphatic heterocycles. The summed E-state index contributed by atoms with van der Waals surface area (Å²) >= 11 is 6.77. The Balaban J connectivity index is 0.00000289. The van der Waals surface area contributed by atoms with E-state index in [4.69, 9.17) is 16.3 Å². The molecule has 9 heteroatoms. The van der Waals surface area contributed by atoms with Crippen LogP contribution in [0, 0.1) is 17.3 Å². The Morgan fingerprint density at radius 1 is 1.16 bits per heavy atom. The molecular weight excluding hydrogens is 443 g/mol. The molecule has 4 fully saturated rings. The maximum atomic E-state index is 13.0. The number of aliphatic carboxylic acids is 1. The van der Waals surface area contributed by atoms with E-state index in [-0.39, 0.29) is 45.8 Å². The molecule has 164 valence electrons. The number of hydrazone groups is 1. The van der Waals surface area contributed by atoms with Crippen LogP contribution in [0.15, 0.2) is 41.1 Å². The number of nitrogens with zero attached hydrogens (tertiary/aromatic N) is 1. The van der Waals surface area contributed by atoms with E-state index >= 15 is 0 Å². The van der Waals surface area contributed by atoms with Crippen LogP contribution in [0.5, 0.6) is 5.75 Å². The average molecular weight is 467 g/mol. The molecular formula is C23H24ClN2NaO5. The van der Waals surface area contributed by atoms with Crippen LogP contribution in [-0.4, -0.2) is 35.7 Å². The Bertz CT molecular complexity index is 961. The number of rotatable bonds is 8. The number of allylic oxidation sites excluding steroid dienone is 1. The second-order valence-corrected chi connectivity index (χ2v) is 9.87. The minimum absolute atomic E-state index is 0. The summed E-state index contributed by atoms with van der Waals surface area (Å²) in [6.07, 6.45) is 7.31. The summed E-state index contributed by atoms with van der Waals surface area (Å²) in [6.45, 7) is 0. The quantitative estimate of drug-likeness (QED) is 0.135. The molecule has 1 aromatic carbocycles. The smallest absolute Gasteiger partial charge is 0.543 e. The van der Waals surface area contributed by atoms with Crippen LogP contribution in [0.2, 0.25) is 0 Å². The molecule has 1 aromatic rings. The molecule has 4 saturated carbocycles. The predicted octanol–water partition coefficient (Wildman–Crippen LogP) is -0.762. The monoisotopic (exact) mass is 466 g/mol. The van der Waals surface area contributed by atoms with Crippen molar-refractivity contribution in [2.24, 2.45) is 22.4 Å². The Labute approximate surface area is 213 Å². The molecule has 1 N–H and O–H groups in total. The zero-order valence-corrected chi connectivity index (χ0v) is 21.0. The van der Waals surface area contributed by atoms with Gasteiger partial charge in [-0.25, -0.2) is 0 Å². The van der Waals surface area contributed by atoms with Crippen LogP contribution in [-0.2, 0) is 9.59 Å². The Hall–Kier alpha value is -1.67. The first-order valence-electron chi connectivity index (χ1n) is 10.4. The third-order valence-corrected chi connectivity index (χ3v) is 7.19. The predicted molar refractivity (Wildman–Crippen MR) is 113 cm³/mol. The maximum absolute atomic E-state index is 13.0. The van der Waals surface area contributed by atoms with Gasteiger partial charge in [-0.15, -0.1) is 11.6 Å². The molecule has 0 aromatic heterocycles. The van der Waals surface area contributed by atoms with E-state index in [9.17, 15) is 19.5 Å². The fourth-order valence-electron chi connectivity index (χ4n) is 5.84. The summed E-state index contributed by atoms with van der Waals surface area (Å²) < 4.78 is 5.03. The number of nitrogens with one attached hydrogen (secondary N) is 1. The summed E-state index contributed by atoms with van der Waals surface area (Å²) in [4.78, 5) is 36.4. The van der Waals surface area contributed by atoms with Crippen molar-refractivity contribution in [3.8, 4) is 5.75 Å². The number of methoxy groups -OCH3 is 1. The van der Waals surface area contributed by atoms with E-state index in [2.05, 4.69) is 10.5 Å². The van der Waals surface area contributed by atoms with Crippen molar-refractivity contribution in [2.75, 3.05) is 7.11 Å². The van der Waals surface area contributed by atoms with E-state index in [0.29, 0.717) is 24.0 Å². The molecule has 0 amide bonds. The molecule has 0 radical (unpaired) electrons. The number of carbonyl (C=O) groups excluding carboxylic acids is 3. The van der Waals surface area contributed by atoms with E-state index in [1.165, 1.54) is 19.2 Å². The standard InChI is InChI=1S/C23H25ClN2O5.Na/c1-31-17-4-2-16(3-5-17)19(27)7-18(21(29)30)26-25-12-20(28)22-8-14-6-15(9-22)11-23(24,10-14)13-22;/h2-5,7,12,14-15,26H,6,8-11,13H2,1H3,(H,29,30);/q;+1/p-1. The minimum Gasteiger partial charge on any atom is -0.543 e. The van der Waals surface area contributed by atoms with E-state index < -0.39 is 22.9 Å². The van der Waals surface area contributed by atoms with Gasteiger partial charge in [0, 0.05) is 21.9 Å². The van der Waals surface area contributed by atoms with Gasteiger partial charge in [-0.3, -0.25) is 15.0 Å². The largest absolute Gasteiger partial charge is 1.00 e. The number of alkyl halides is 1. The van der Waals surface area contributed by atoms with Crippen molar-refractivity contribution < 1.29 is 53.8 Å². The molecule has 4 aliphatic carbocycles. The molecule has 0 spiro atoms. The SMILES string of the molecule is COc1ccc(C(=O)C=C(NN=CC(=O)C23CC4CC(CC(Cl)(C4)C2)C3)C(=O)[O-])cc1.[Na+]. The summed E-state index contributed by atoms with van der Waals surface area (Å²) in [6, 6.07) is 6.23. The second kappa shape index (κ2) is 9.67. The number of hydrogen-bond donors (Lipinski definition) is 1. The van der Waals surface area contributed by atoms with Gasteiger partial charge < -0.3 is 14.6 Å². The van der Waals surface area contributed by atoms with Gasteiger partial charge in [-0.05, 0) is 74.6 Å². The number of hydrogen-bond acceptors (Lipinski definition) is 7. The van der Waals surface area contributed by atoms with Crippen molar-refractivity contribution in [2.45, 2.75) is 43.4 Å². The number of carboxylic acid groups (broad SMARTS) is 1. The number of ether oxygens (including phenoxy) is 1. The van der Waals surface area contributed by atoms with Crippen LogP contribution in [0.1, 0.15) is 48.9 Å². The Morgan fingerprint density at radius 2 is 1.78 bits per heavy atom. The van der Waals surface area contributed by atoms with Gasteiger partial charge in [-0.1, -0.05) is 0 Å². The number of halogens is 1. The molecule has 5 rings (SSSR count). The molecule has 0 heterocycles. The molecule has 32 heavy (non-hydrogen) atoms. The number of carboxylic acids is 1. The first-order valence-corrected chi connectivity index (χ1v) is 10.7. The number of carbonyl (C=O) groups is 3. The van der Waals surface area contributed by atoms with Crippen molar-refractivity contribution in [3.63, 3.8) is 0 Å². The number of benzene rings is 1. The Morgan fingerprint density at radius 3 is 2.31 bits per heavy atom. The van der Waals surface area contributed by atoms with Crippen LogP contribution in [0.25, 0.3) is 0 Å². The molecule has 2 unspecified atom stereocenters. The fraction of sp³-hybridized carbons (Fsp3) is 0.478. The van der Waals surface area contributed by atoms with Crippen molar-refractivity contribution in [1.29, 1.82) is 0 Å². The second-order valence-electron chi connectivity index (χ2n) is 9.06. The summed E-state index contributed by atoms with van der Waals surface area (Å²) in [5, 5.41) is 15.2. The molecule has 0 saturated heterocycles. The van der Waals surface area contributed by atoms with Gasteiger partial charge in [0.25, 0.3) is 0 Å². The molecule has 4 bridgehead atoms. The van der Waals surface area contributed by atoms with Gasteiger partial charge in [0.2, 0.25) is 0 Å². The van der Waals surface area contributed by atoms with Crippen LogP contribution >= 0.6 is 11.6 Å². The molecule has 7 nitrogen and oxygen atoms in total. The first-order chi connectivity index (χ1) is 14.7. The number of Topliss-reactive ketones (excluding diaryl/α,β-unsaturated/α-hetero) is 1. The van der Waals surface area contributed by atoms with E-state index in [1.54, 1.807) is 12.1 Å². The molecule has 4 aliphatic rings. The zero-order chi connectivity index (χ0) is 22.2. The average Bonchev–Trinajstić information content (AvgIpc) is 2.71. The minimum atomic E-state index is -1.60.